The van der Waals surface area contributed by atoms with Crippen LogP contribution in [-0.4, -0.2) is 31.9 Å². The van der Waals surface area contributed by atoms with Gasteiger partial charge in [0.15, 0.2) is 0 Å². The molecule has 3 unspecified atom stereocenters. The molecule has 1 saturated heterocycles. The molecule has 0 bridgehead atoms. The predicted molar refractivity (Wildman–Crippen MR) is 88.0 cm³/mol. The molecule has 1 aromatic carbocycles. The smallest absolute Gasteiger partial charge is 0.243 e. The minimum Gasteiger partial charge on any atom is -0.327 e. The van der Waals surface area contributed by atoms with Gasteiger partial charge in [-0.25, -0.2) is 8.42 Å². The molecule has 5 heteroatoms. The first-order chi connectivity index (χ1) is 10.5. The van der Waals surface area contributed by atoms with E-state index < -0.39 is 10.0 Å². The van der Waals surface area contributed by atoms with Crippen LogP contribution >= 0.6 is 0 Å². The third kappa shape index (κ3) is 2.94. The van der Waals surface area contributed by atoms with E-state index in [1.807, 2.05) is 12.1 Å². The molecule has 2 aliphatic rings. The van der Waals surface area contributed by atoms with Crippen LogP contribution in [0.25, 0.3) is 0 Å². The van der Waals surface area contributed by atoms with Crippen molar-refractivity contribution in [2.75, 3.05) is 13.1 Å². The summed E-state index contributed by atoms with van der Waals surface area (Å²) in [7, 11) is -3.37. The Bertz CT molecular complexity index is 612. The molecule has 0 amide bonds. The number of hydrogen-bond donors (Lipinski definition) is 1. The number of hydrogen-bond acceptors (Lipinski definition) is 3. The van der Waals surface area contributed by atoms with E-state index in [1.165, 1.54) is 5.56 Å². The van der Waals surface area contributed by atoms with E-state index in [2.05, 4.69) is 6.92 Å². The second-order valence-corrected chi connectivity index (χ2v) is 8.67. The zero-order valence-electron chi connectivity index (χ0n) is 13.2. The summed E-state index contributed by atoms with van der Waals surface area (Å²) in [5.74, 6) is 0.778. The maximum absolute atomic E-state index is 12.8. The lowest BCUT2D eigenvalue weighted by Gasteiger charge is -2.29. The van der Waals surface area contributed by atoms with Gasteiger partial charge < -0.3 is 5.73 Å². The molecular weight excluding hydrogens is 296 g/mol. The summed E-state index contributed by atoms with van der Waals surface area (Å²) in [6.45, 7) is 3.35. The molecule has 2 fully saturated rings. The van der Waals surface area contributed by atoms with Crippen molar-refractivity contribution in [2.45, 2.75) is 50.0 Å². The zero-order chi connectivity index (χ0) is 15.7. The Hall–Kier alpha value is -0.910. The van der Waals surface area contributed by atoms with Crippen molar-refractivity contribution >= 4 is 10.0 Å². The fourth-order valence-electron chi connectivity index (χ4n) is 3.94. The molecule has 4 nitrogen and oxygen atoms in total. The molecular formula is C17H26N2O2S. The Kier molecular flexibility index (Phi) is 4.57. The van der Waals surface area contributed by atoms with Gasteiger partial charge >= 0.3 is 0 Å². The Morgan fingerprint density at radius 3 is 2.55 bits per heavy atom. The predicted octanol–water partition coefficient (Wildman–Crippen LogP) is 2.39. The highest BCUT2D eigenvalue weighted by Crippen LogP contribution is 2.37. The number of nitrogens with zero attached hydrogens (tertiary/aromatic N) is 1. The van der Waals surface area contributed by atoms with Crippen LogP contribution in [0.5, 0.6) is 0 Å². The van der Waals surface area contributed by atoms with E-state index in [0.29, 0.717) is 29.8 Å². The molecule has 3 rings (SSSR count). The van der Waals surface area contributed by atoms with Gasteiger partial charge in [-0.3, -0.25) is 0 Å². The molecule has 0 aromatic heterocycles. The highest BCUT2D eigenvalue weighted by molar-refractivity contribution is 7.89. The van der Waals surface area contributed by atoms with Crippen molar-refractivity contribution < 1.29 is 8.42 Å². The van der Waals surface area contributed by atoms with Crippen molar-refractivity contribution in [3.05, 3.63) is 29.8 Å². The van der Waals surface area contributed by atoms with Gasteiger partial charge in [0.1, 0.15) is 0 Å². The fourth-order valence-corrected chi connectivity index (χ4v) is 5.47. The van der Waals surface area contributed by atoms with Gasteiger partial charge in [-0.05, 0) is 48.8 Å². The molecule has 1 aliphatic carbocycles. The van der Waals surface area contributed by atoms with E-state index in [0.717, 1.165) is 32.1 Å². The Morgan fingerprint density at radius 2 is 1.91 bits per heavy atom. The van der Waals surface area contributed by atoms with E-state index in [1.54, 1.807) is 16.4 Å². The van der Waals surface area contributed by atoms with Crippen LogP contribution in [0.4, 0.5) is 0 Å². The molecule has 3 atom stereocenters. The summed E-state index contributed by atoms with van der Waals surface area (Å²) in [6.07, 6.45) is 5.32. The van der Waals surface area contributed by atoms with Crippen molar-refractivity contribution in [1.82, 2.24) is 4.31 Å². The van der Waals surface area contributed by atoms with Gasteiger partial charge in [0.25, 0.3) is 0 Å². The highest BCUT2D eigenvalue weighted by Gasteiger charge is 2.43. The van der Waals surface area contributed by atoms with Crippen LogP contribution in [0, 0.1) is 11.8 Å². The number of fused-ring (bicyclic) bond motifs is 1. The first kappa shape index (κ1) is 16.0. The van der Waals surface area contributed by atoms with Gasteiger partial charge in [0.05, 0.1) is 4.90 Å². The van der Waals surface area contributed by atoms with Gasteiger partial charge in [0.2, 0.25) is 10.0 Å². The maximum atomic E-state index is 12.8. The number of benzene rings is 1. The van der Waals surface area contributed by atoms with Crippen molar-refractivity contribution in [3.8, 4) is 0 Å². The molecule has 1 heterocycles. The average molecular weight is 322 g/mol. The topological polar surface area (TPSA) is 63.4 Å². The molecule has 1 saturated carbocycles. The quantitative estimate of drug-likeness (QED) is 0.926. The van der Waals surface area contributed by atoms with Gasteiger partial charge in [-0.1, -0.05) is 31.9 Å². The summed E-state index contributed by atoms with van der Waals surface area (Å²) in [5, 5.41) is 0. The van der Waals surface area contributed by atoms with E-state index in [9.17, 15) is 8.42 Å². The standard InChI is InChI=1S/C17H26N2O2S/c1-2-4-13-7-9-15(10-8-13)22(20,21)19-11-14-5-3-6-17(18)16(14)12-19/h7-10,14,16-17H,2-6,11-12,18H2,1H3. The molecule has 0 spiro atoms. The maximum Gasteiger partial charge on any atom is 0.243 e. The Morgan fingerprint density at radius 1 is 1.18 bits per heavy atom. The van der Waals surface area contributed by atoms with Gasteiger partial charge in [0, 0.05) is 19.1 Å². The summed E-state index contributed by atoms with van der Waals surface area (Å²) in [6, 6.07) is 7.53. The lowest BCUT2D eigenvalue weighted by Crippen LogP contribution is -2.38. The van der Waals surface area contributed by atoms with Crippen molar-refractivity contribution in [1.29, 1.82) is 0 Å². The van der Waals surface area contributed by atoms with Gasteiger partial charge in [-0.15, -0.1) is 0 Å². The minimum absolute atomic E-state index is 0.158. The largest absolute Gasteiger partial charge is 0.327 e. The van der Waals surface area contributed by atoms with Crippen LogP contribution < -0.4 is 5.73 Å². The molecule has 122 valence electrons. The summed E-state index contributed by atoms with van der Waals surface area (Å²) in [4.78, 5) is 0.416. The number of rotatable bonds is 4. The van der Waals surface area contributed by atoms with Gasteiger partial charge in [-0.2, -0.15) is 4.31 Å². The molecule has 2 N–H and O–H groups in total. The van der Waals surface area contributed by atoms with Crippen LogP contribution in [0.3, 0.4) is 0 Å². The number of sulfonamides is 1. The molecule has 1 aromatic rings. The first-order valence-corrected chi connectivity index (χ1v) is 9.81. The van der Waals surface area contributed by atoms with E-state index in [4.69, 9.17) is 5.73 Å². The Balaban J connectivity index is 1.78. The highest BCUT2D eigenvalue weighted by atomic mass is 32.2. The number of aryl methyl sites for hydroxylation is 1. The monoisotopic (exact) mass is 322 g/mol. The normalized spacial score (nSPS) is 29.5. The summed E-state index contributed by atoms with van der Waals surface area (Å²) in [5.41, 5.74) is 7.39. The zero-order valence-corrected chi connectivity index (χ0v) is 14.1. The third-order valence-corrected chi connectivity index (χ3v) is 7.07. The second-order valence-electron chi connectivity index (χ2n) is 6.73. The minimum atomic E-state index is -3.37. The first-order valence-electron chi connectivity index (χ1n) is 8.37. The van der Waals surface area contributed by atoms with Crippen LogP contribution in [0.1, 0.15) is 38.2 Å². The SMILES string of the molecule is CCCc1ccc(S(=O)(=O)N2CC3CCCC(N)C3C2)cc1. The second kappa shape index (κ2) is 6.30. The van der Waals surface area contributed by atoms with Crippen LogP contribution in [0.2, 0.25) is 0 Å². The molecule has 1 aliphatic heterocycles. The van der Waals surface area contributed by atoms with Crippen LogP contribution in [0.15, 0.2) is 29.2 Å². The number of nitrogens with two attached hydrogens (primary N) is 1. The van der Waals surface area contributed by atoms with E-state index >= 15 is 0 Å². The van der Waals surface area contributed by atoms with E-state index in [-0.39, 0.29) is 6.04 Å². The fraction of sp³-hybridized carbons (Fsp3) is 0.647. The van der Waals surface area contributed by atoms with Crippen molar-refractivity contribution in [3.63, 3.8) is 0 Å². The van der Waals surface area contributed by atoms with Crippen LogP contribution in [-0.2, 0) is 16.4 Å². The summed E-state index contributed by atoms with van der Waals surface area (Å²) >= 11 is 0. The third-order valence-electron chi connectivity index (χ3n) is 5.22. The average Bonchev–Trinajstić information content (AvgIpc) is 2.95. The van der Waals surface area contributed by atoms with Crippen molar-refractivity contribution in [2.24, 2.45) is 17.6 Å². The molecule has 22 heavy (non-hydrogen) atoms. The molecule has 0 radical (unpaired) electrons. The lowest BCUT2D eigenvalue weighted by atomic mass is 9.78. The lowest BCUT2D eigenvalue weighted by molar-refractivity contribution is 0.260. The summed E-state index contributed by atoms with van der Waals surface area (Å²) < 4.78 is 27.3. The Labute approximate surface area is 133 Å².